The van der Waals surface area contributed by atoms with E-state index in [4.69, 9.17) is 5.73 Å². The summed E-state index contributed by atoms with van der Waals surface area (Å²) in [6.45, 7) is 0. The van der Waals surface area contributed by atoms with Gasteiger partial charge in [-0.05, 0) is 36.6 Å². The molecule has 1 saturated carbocycles. The van der Waals surface area contributed by atoms with E-state index in [2.05, 4.69) is 17.4 Å². The summed E-state index contributed by atoms with van der Waals surface area (Å²) in [7, 11) is 1.78. The van der Waals surface area contributed by atoms with Crippen LogP contribution in [0.1, 0.15) is 47.5 Å². The lowest BCUT2D eigenvalue weighted by Crippen LogP contribution is -2.44. The number of nitrogens with two attached hydrogens (primary N) is 1. The summed E-state index contributed by atoms with van der Waals surface area (Å²) >= 11 is 0. The van der Waals surface area contributed by atoms with Crippen LogP contribution < -0.4 is 11.1 Å². The van der Waals surface area contributed by atoms with E-state index in [1.54, 1.807) is 11.9 Å². The number of rotatable bonds is 4. The molecule has 2 aromatic rings. The minimum atomic E-state index is -0.867. The zero-order valence-electron chi connectivity index (χ0n) is 15.3. The van der Waals surface area contributed by atoms with Crippen LogP contribution in [0.2, 0.25) is 0 Å². The predicted molar refractivity (Wildman–Crippen MR) is 103 cm³/mol. The van der Waals surface area contributed by atoms with Crippen molar-refractivity contribution in [2.24, 2.45) is 5.73 Å². The first-order valence-electron chi connectivity index (χ1n) is 9.15. The fraction of sp³-hybridized carbons (Fsp3) is 0.333. The number of carbonyl (C=O) groups excluding carboxylic acids is 2. The quantitative estimate of drug-likeness (QED) is 0.851. The molecular formula is C21H24FN3O2. The Labute approximate surface area is 158 Å². The minimum absolute atomic E-state index is 0.0807. The van der Waals surface area contributed by atoms with E-state index in [0.29, 0.717) is 5.69 Å². The fourth-order valence-electron chi connectivity index (χ4n) is 3.82. The second-order valence-electron chi connectivity index (χ2n) is 6.97. The van der Waals surface area contributed by atoms with Crippen molar-refractivity contribution >= 4 is 17.6 Å². The number of nitrogens with zero attached hydrogens (tertiary/aromatic N) is 1. The lowest BCUT2D eigenvalue weighted by Gasteiger charge is -2.38. The lowest BCUT2D eigenvalue weighted by atomic mass is 9.79. The van der Waals surface area contributed by atoms with Crippen molar-refractivity contribution in [3.05, 3.63) is 65.5 Å². The molecule has 0 aromatic heterocycles. The van der Waals surface area contributed by atoms with Gasteiger partial charge in [0.25, 0.3) is 5.91 Å². The smallest absolute Gasteiger partial charge is 0.321 e. The Kier molecular flexibility index (Phi) is 5.74. The Bertz CT molecular complexity index is 825. The van der Waals surface area contributed by atoms with Crippen LogP contribution in [-0.2, 0) is 0 Å². The third-order valence-electron chi connectivity index (χ3n) is 5.26. The van der Waals surface area contributed by atoms with Crippen LogP contribution >= 0.6 is 0 Å². The van der Waals surface area contributed by atoms with Gasteiger partial charge >= 0.3 is 6.03 Å². The average molecular weight is 369 g/mol. The van der Waals surface area contributed by atoms with Gasteiger partial charge in [0.2, 0.25) is 0 Å². The third kappa shape index (κ3) is 4.27. The molecule has 0 aliphatic heterocycles. The average Bonchev–Trinajstić information content (AvgIpc) is 2.69. The lowest BCUT2D eigenvalue weighted by molar-refractivity contribution is 0.0996. The first-order valence-corrected chi connectivity index (χ1v) is 9.15. The van der Waals surface area contributed by atoms with E-state index in [-0.39, 0.29) is 23.6 Å². The molecule has 1 fully saturated rings. The molecule has 0 radical (unpaired) electrons. The van der Waals surface area contributed by atoms with E-state index < -0.39 is 11.7 Å². The highest BCUT2D eigenvalue weighted by Crippen LogP contribution is 2.35. The second kappa shape index (κ2) is 8.20. The molecule has 0 spiro atoms. The summed E-state index contributed by atoms with van der Waals surface area (Å²) in [5, 5.41) is 2.75. The van der Waals surface area contributed by atoms with Crippen molar-refractivity contribution in [2.75, 3.05) is 12.4 Å². The largest absolute Gasteiger partial charge is 0.366 e. The topological polar surface area (TPSA) is 75.4 Å². The van der Waals surface area contributed by atoms with Crippen LogP contribution in [-0.4, -0.2) is 29.9 Å². The first kappa shape index (κ1) is 18.9. The maximum Gasteiger partial charge on any atom is 0.321 e. The molecule has 3 N–H and O–H groups in total. The van der Waals surface area contributed by atoms with Crippen LogP contribution in [0, 0.1) is 5.82 Å². The number of benzene rings is 2. The number of urea groups is 1. The molecule has 2 unspecified atom stereocenters. The fourth-order valence-corrected chi connectivity index (χ4v) is 3.82. The maximum atomic E-state index is 13.6. The number of likely N-dealkylation sites (N-methyl/N-ethyl adjacent to an activating group) is 1. The SMILES string of the molecule is CN(C(=O)Nc1ccc(F)c(C(N)=O)c1)C1CCCCC1c1ccccc1. The van der Waals surface area contributed by atoms with Crippen molar-refractivity contribution in [1.82, 2.24) is 4.90 Å². The molecular weight excluding hydrogens is 345 g/mol. The standard InChI is InChI=1S/C21H24FN3O2/c1-25(19-10-6-5-9-16(19)14-7-3-2-4-8-14)21(27)24-15-11-12-18(22)17(13-15)20(23)26/h2-4,7-8,11-13,16,19H,5-6,9-10H2,1H3,(H2,23,26)(H,24,27). The number of amides is 3. The van der Waals surface area contributed by atoms with Gasteiger partial charge in [0.15, 0.2) is 0 Å². The summed E-state index contributed by atoms with van der Waals surface area (Å²) < 4.78 is 13.6. The summed E-state index contributed by atoms with van der Waals surface area (Å²) in [5.74, 6) is -1.29. The molecule has 1 aliphatic rings. The molecule has 0 bridgehead atoms. The molecule has 27 heavy (non-hydrogen) atoms. The van der Waals surface area contributed by atoms with Crippen molar-refractivity contribution in [3.63, 3.8) is 0 Å². The number of halogens is 1. The summed E-state index contributed by atoms with van der Waals surface area (Å²) in [5.41, 5.74) is 6.51. The van der Waals surface area contributed by atoms with Crippen molar-refractivity contribution in [3.8, 4) is 0 Å². The van der Waals surface area contributed by atoms with E-state index in [1.807, 2.05) is 18.2 Å². The molecule has 0 saturated heterocycles. The Morgan fingerprint density at radius 2 is 1.81 bits per heavy atom. The van der Waals surface area contributed by atoms with Gasteiger partial charge < -0.3 is 16.0 Å². The van der Waals surface area contributed by atoms with E-state index in [1.165, 1.54) is 17.7 Å². The molecule has 3 rings (SSSR count). The minimum Gasteiger partial charge on any atom is -0.366 e. The van der Waals surface area contributed by atoms with Gasteiger partial charge in [-0.2, -0.15) is 0 Å². The first-order chi connectivity index (χ1) is 13.0. The monoisotopic (exact) mass is 369 g/mol. The van der Waals surface area contributed by atoms with Gasteiger partial charge in [0, 0.05) is 24.7 Å². The summed E-state index contributed by atoms with van der Waals surface area (Å²) in [4.78, 5) is 25.8. The van der Waals surface area contributed by atoms with Crippen LogP contribution in [0.4, 0.5) is 14.9 Å². The Hall–Kier alpha value is -2.89. The van der Waals surface area contributed by atoms with E-state index in [9.17, 15) is 14.0 Å². The van der Waals surface area contributed by atoms with Crippen LogP contribution in [0.15, 0.2) is 48.5 Å². The van der Waals surface area contributed by atoms with Crippen LogP contribution in [0.5, 0.6) is 0 Å². The Balaban J connectivity index is 1.76. The zero-order chi connectivity index (χ0) is 19.4. The molecule has 2 aromatic carbocycles. The normalized spacial score (nSPS) is 19.3. The van der Waals surface area contributed by atoms with Gasteiger partial charge in [0.05, 0.1) is 5.56 Å². The molecule has 6 heteroatoms. The van der Waals surface area contributed by atoms with Gasteiger partial charge in [-0.15, -0.1) is 0 Å². The molecule has 2 atom stereocenters. The number of carbonyl (C=O) groups is 2. The molecule has 3 amide bonds. The van der Waals surface area contributed by atoms with E-state index >= 15 is 0 Å². The number of hydrogen-bond donors (Lipinski definition) is 2. The second-order valence-corrected chi connectivity index (χ2v) is 6.97. The third-order valence-corrected chi connectivity index (χ3v) is 5.26. The molecule has 5 nitrogen and oxygen atoms in total. The molecule has 0 heterocycles. The number of primary amides is 1. The molecule has 142 valence electrons. The number of hydrogen-bond acceptors (Lipinski definition) is 2. The molecule has 1 aliphatic carbocycles. The Morgan fingerprint density at radius 1 is 1.11 bits per heavy atom. The predicted octanol–water partition coefficient (Wildman–Crippen LogP) is 4.11. The maximum absolute atomic E-state index is 13.6. The van der Waals surface area contributed by atoms with Gasteiger partial charge in [-0.3, -0.25) is 4.79 Å². The van der Waals surface area contributed by atoms with Gasteiger partial charge in [0.1, 0.15) is 5.82 Å². The summed E-state index contributed by atoms with van der Waals surface area (Å²) in [6.07, 6.45) is 4.19. The van der Waals surface area contributed by atoms with Crippen LogP contribution in [0.25, 0.3) is 0 Å². The van der Waals surface area contributed by atoms with Crippen molar-refractivity contribution < 1.29 is 14.0 Å². The zero-order valence-corrected chi connectivity index (χ0v) is 15.3. The Morgan fingerprint density at radius 3 is 2.52 bits per heavy atom. The highest BCUT2D eigenvalue weighted by atomic mass is 19.1. The van der Waals surface area contributed by atoms with Gasteiger partial charge in [-0.1, -0.05) is 43.2 Å². The van der Waals surface area contributed by atoms with Gasteiger partial charge in [-0.25, -0.2) is 9.18 Å². The summed E-state index contributed by atoms with van der Waals surface area (Å²) in [6, 6.07) is 13.8. The highest BCUT2D eigenvalue weighted by Gasteiger charge is 2.31. The van der Waals surface area contributed by atoms with Crippen molar-refractivity contribution in [1.29, 1.82) is 0 Å². The highest BCUT2D eigenvalue weighted by molar-refractivity contribution is 5.96. The van der Waals surface area contributed by atoms with Crippen molar-refractivity contribution in [2.45, 2.75) is 37.6 Å². The number of anilines is 1. The van der Waals surface area contributed by atoms with Crippen LogP contribution in [0.3, 0.4) is 0 Å². The van der Waals surface area contributed by atoms with E-state index in [0.717, 1.165) is 31.7 Å². The number of nitrogens with one attached hydrogen (secondary N) is 1.